The van der Waals surface area contributed by atoms with Gasteiger partial charge in [0.15, 0.2) is 0 Å². The highest BCUT2D eigenvalue weighted by molar-refractivity contribution is 6.06. The average Bonchev–Trinajstić information content (AvgIpc) is 2.91. The van der Waals surface area contributed by atoms with Crippen LogP contribution >= 0.6 is 0 Å². The van der Waals surface area contributed by atoms with Crippen LogP contribution in [0.3, 0.4) is 0 Å². The van der Waals surface area contributed by atoms with E-state index in [4.69, 9.17) is 4.74 Å². The van der Waals surface area contributed by atoms with Crippen molar-refractivity contribution in [3.05, 3.63) is 36.0 Å². The van der Waals surface area contributed by atoms with Gasteiger partial charge in [-0.25, -0.2) is 9.78 Å². The first-order chi connectivity index (χ1) is 10.1. The van der Waals surface area contributed by atoms with E-state index >= 15 is 0 Å². The number of aromatic nitrogens is 1. The molecule has 0 saturated carbocycles. The summed E-state index contributed by atoms with van der Waals surface area (Å²) in [5.74, 6) is -0.441. The van der Waals surface area contributed by atoms with Crippen LogP contribution in [0.1, 0.15) is 16.8 Å². The largest absolute Gasteiger partial charge is 0.478 e. The normalized spacial score (nSPS) is 21.6. The third-order valence-electron chi connectivity index (χ3n) is 3.69. The number of hydrogen-bond acceptors (Lipinski definition) is 5. The SMILES string of the molecule is O=C(O)c1cnc(NCC2(O)CCOC2)c2ccccc12. The lowest BCUT2D eigenvalue weighted by molar-refractivity contribution is 0.0381. The Morgan fingerprint density at radius 1 is 1.38 bits per heavy atom. The van der Waals surface area contributed by atoms with Gasteiger partial charge < -0.3 is 20.3 Å². The Balaban J connectivity index is 1.92. The molecule has 6 heteroatoms. The number of carboxylic acids is 1. The van der Waals surface area contributed by atoms with Crippen LogP contribution in [0, 0.1) is 0 Å². The van der Waals surface area contributed by atoms with Gasteiger partial charge in [0.2, 0.25) is 0 Å². The summed E-state index contributed by atoms with van der Waals surface area (Å²) in [5, 5.41) is 23.9. The number of carbonyl (C=O) groups is 1. The Labute approximate surface area is 121 Å². The number of anilines is 1. The Morgan fingerprint density at radius 2 is 2.14 bits per heavy atom. The molecule has 1 atom stereocenters. The number of nitrogens with zero attached hydrogens (tertiary/aromatic N) is 1. The maximum Gasteiger partial charge on any atom is 0.337 e. The summed E-state index contributed by atoms with van der Waals surface area (Å²) < 4.78 is 5.20. The summed E-state index contributed by atoms with van der Waals surface area (Å²) in [4.78, 5) is 15.4. The highest BCUT2D eigenvalue weighted by Gasteiger charge is 2.32. The fourth-order valence-electron chi connectivity index (χ4n) is 2.49. The number of aromatic carboxylic acids is 1. The smallest absolute Gasteiger partial charge is 0.337 e. The van der Waals surface area contributed by atoms with Crippen LogP contribution in [0.4, 0.5) is 5.82 Å². The van der Waals surface area contributed by atoms with Crippen LogP contribution in [0.2, 0.25) is 0 Å². The molecule has 1 aliphatic rings. The van der Waals surface area contributed by atoms with Crippen LogP contribution in [0.15, 0.2) is 30.5 Å². The van der Waals surface area contributed by atoms with E-state index in [-0.39, 0.29) is 5.56 Å². The minimum atomic E-state index is -1.01. The van der Waals surface area contributed by atoms with E-state index < -0.39 is 11.6 Å². The fraction of sp³-hybridized carbons (Fsp3) is 0.333. The summed E-state index contributed by atoms with van der Waals surface area (Å²) in [7, 11) is 0. The van der Waals surface area contributed by atoms with Crippen LogP contribution in [-0.4, -0.2) is 46.5 Å². The molecule has 0 bridgehead atoms. The van der Waals surface area contributed by atoms with Gasteiger partial charge in [-0.1, -0.05) is 24.3 Å². The zero-order valence-corrected chi connectivity index (χ0v) is 11.4. The molecule has 0 aliphatic carbocycles. The first-order valence-corrected chi connectivity index (χ1v) is 6.74. The maximum atomic E-state index is 11.2. The van der Waals surface area contributed by atoms with Crippen LogP contribution in [0.25, 0.3) is 10.8 Å². The number of fused-ring (bicyclic) bond motifs is 1. The Morgan fingerprint density at radius 3 is 2.81 bits per heavy atom. The predicted octanol–water partition coefficient (Wildman–Crippen LogP) is 1.50. The topological polar surface area (TPSA) is 91.7 Å². The molecular formula is C15H16N2O4. The second kappa shape index (κ2) is 5.31. The molecule has 3 rings (SSSR count). The van der Waals surface area contributed by atoms with Crippen molar-refractivity contribution in [3.63, 3.8) is 0 Å². The summed E-state index contributed by atoms with van der Waals surface area (Å²) in [6, 6.07) is 7.18. The van der Waals surface area contributed by atoms with Crippen molar-refractivity contribution in [1.82, 2.24) is 4.98 Å². The number of hydrogen-bond donors (Lipinski definition) is 3. The number of benzene rings is 1. The van der Waals surface area contributed by atoms with Crippen molar-refractivity contribution in [2.24, 2.45) is 0 Å². The molecule has 1 aromatic heterocycles. The first-order valence-electron chi connectivity index (χ1n) is 6.74. The number of ether oxygens (including phenoxy) is 1. The molecule has 0 radical (unpaired) electrons. The van der Waals surface area contributed by atoms with E-state index in [1.807, 2.05) is 12.1 Å². The Bertz CT molecular complexity index is 680. The number of rotatable bonds is 4. The van der Waals surface area contributed by atoms with Gasteiger partial charge in [-0.3, -0.25) is 0 Å². The number of nitrogens with one attached hydrogen (secondary N) is 1. The molecule has 3 N–H and O–H groups in total. The Kier molecular flexibility index (Phi) is 3.48. The minimum Gasteiger partial charge on any atom is -0.478 e. The number of pyridine rings is 1. The lowest BCUT2D eigenvalue weighted by Gasteiger charge is -2.21. The van der Waals surface area contributed by atoms with Crippen molar-refractivity contribution in [2.45, 2.75) is 12.0 Å². The van der Waals surface area contributed by atoms with E-state index in [9.17, 15) is 15.0 Å². The lowest BCUT2D eigenvalue weighted by Crippen LogP contribution is -2.37. The highest BCUT2D eigenvalue weighted by atomic mass is 16.5. The van der Waals surface area contributed by atoms with Gasteiger partial charge in [0.05, 0.1) is 12.2 Å². The van der Waals surface area contributed by atoms with Crippen molar-refractivity contribution >= 4 is 22.6 Å². The molecule has 1 aliphatic heterocycles. The van der Waals surface area contributed by atoms with Crippen molar-refractivity contribution in [2.75, 3.05) is 25.1 Å². The quantitative estimate of drug-likeness (QED) is 0.789. The second-order valence-corrected chi connectivity index (χ2v) is 5.25. The Hall–Kier alpha value is -2.18. The average molecular weight is 288 g/mol. The highest BCUT2D eigenvalue weighted by Crippen LogP contribution is 2.26. The van der Waals surface area contributed by atoms with E-state index in [1.165, 1.54) is 6.20 Å². The van der Waals surface area contributed by atoms with Gasteiger partial charge in [0.25, 0.3) is 0 Å². The van der Waals surface area contributed by atoms with Gasteiger partial charge >= 0.3 is 5.97 Å². The molecule has 2 aromatic rings. The summed E-state index contributed by atoms with van der Waals surface area (Å²) >= 11 is 0. The molecule has 21 heavy (non-hydrogen) atoms. The zero-order valence-electron chi connectivity index (χ0n) is 11.4. The molecule has 1 aromatic carbocycles. The summed E-state index contributed by atoms with van der Waals surface area (Å²) in [5.41, 5.74) is -0.729. The molecule has 0 spiro atoms. The lowest BCUT2D eigenvalue weighted by atomic mass is 10.0. The zero-order chi connectivity index (χ0) is 14.9. The maximum absolute atomic E-state index is 11.2. The number of carboxylic acid groups (broad SMARTS) is 1. The van der Waals surface area contributed by atoms with E-state index in [2.05, 4.69) is 10.3 Å². The minimum absolute atomic E-state index is 0.166. The van der Waals surface area contributed by atoms with Gasteiger partial charge in [-0.15, -0.1) is 0 Å². The number of aliphatic hydroxyl groups is 1. The second-order valence-electron chi connectivity index (χ2n) is 5.25. The standard InChI is InChI=1S/C15H16N2O4/c18-14(19)12-7-16-13(11-4-2-1-3-10(11)12)17-8-15(20)5-6-21-9-15/h1-4,7,20H,5-6,8-9H2,(H,16,17)(H,18,19). The van der Waals surface area contributed by atoms with Crippen LogP contribution in [-0.2, 0) is 4.74 Å². The van der Waals surface area contributed by atoms with E-state index in [0.717, 1.165) is 5.39 Å². The van der Waals surface area contributed by atoms with E-state index in [1.54, 1.807) is 12.1 Å². The third-order valence-corrected chi connectivity index (χ3v) is 3.69. The first kappa shape index (κ1) is 13.8. The summed E-state index contributed by atoms with van der Waals surface area (Å²) in [6.45, 7) is 1.16. The van der Waals surface area contributed by atoms with Gasteiger partial charge in [0.1, 0.15) is 11.4 Å². The molecule has 1 unspecified atom stereocenters. The van der Waals surface area contributed by atoms with Gasteiger partial charge in [-0.2, -0.15) is 0 Å². The predicted molar refractivity (Wildman–Crippen MR) is 77.6 cm³/mol. The van der Waals surface area contributed by atoms with Crippen molar-refractivity contribution in [3.8, 4) is 0 Å². The summed E-state index contributed by atoms with van der Waals surface area (Å²) in [6.07, 6.45) is 1.91. The van der Waals surface area contributed by atoms with Crippen LogP contribution < -0.4 is 5.32 Å². The van der Waals surface area contributed by atoms with E-state index in [0.29, 0.717) is 37.4 Å². The van der Waals surface area contributed by atoms with Gasteiger partial charge in [-0.05, 0) is 0 Å². The molecule has 2 heterocycles. The fourth-order valence-corrected chi connectivity index (χ4v) is 2.49. The van der Waals surface area contributed by atoms with Gasteiger partial charge in [0, 0.05) is 36.5 Å². The molecule has 1 fully saturated rings. The molecule has 1 saturated heterocycles. The molecular weight excluding hydrogens is 272 g/mol. The van der Waals surface area contributed by atoms with Crippen molar-refractivity contribution in [1.29, 1.82) is 0 Å². The molecule has 110 valence electrons. The molecule has 6 nitrogen and oxygen atoms in total. The third kappa shape index (κ3) is 2.68. The molecule has 0 amide bonds. The monoisotopic (exact) mass is 288 g/mol. The van der Waals surface area contributed by atoms with Crippen molar-refractivity contribution < 1.29 is 19.7 Å². The van der Waals surface area contributed by atoms with Crippen LogP contribution in [0.5, 0.6) is 0 Å².